The highest BCUT2D eigenvalue weighted by Gasteiger charge is 2.29. The highest BCUT2D eigenvalue weighted by molar-refractivity contribution is 9.10. The minimum absolute atomic E-state index is 0.00116. The number of nitrogens with zero attached hydrogens (tertiary/aromatic N) is 1. The second kappa shape index (κ2) is 8.32. The summed E-state index contributed by atoms with van der Waals surface area (Å²) in [4.78, 5) is 4.36. The van der Waals surface area contributed by atoms with Crippen LogP contribution in [0.1, 0.15) is 62.3 Å². The maximum atomic E-state index is 5.98. The van der Waals surface area contributed by atoms with Gasteiger partial charge >= 0.3 is 0 Å². The van der Waals surface area contributed by atoms with Gasteiger partial charge in [0.2, 0.25) is 5.88 Å². The van der Waals surface area contributed by atoms with E-state index >= 15 is 0 Å². The van der Waals surface area contributed by atoms with Crippen molar-refractivity contribution in [1.82, 2.24) is 4.98 Å². The van der Waals surface area contributed by atoms with Crippen LogP contribution in [0, 0.1) is 18.3 Å². The lowest BCUT2D eigenvalue weighted by Crippen LogP contribution is -2.20. The Morgan fingerprint density at radius 2 is 1.96 bits per heavy atom. The molecule has 0 spiro atoms. The molecule has 4 heteroatoms. The van der Waals surface area contributed by atoms with Gasteiger partial charge in [-0.3, -0.25) is 0 Å². The van der Waals surface area contributed by atoms with Gasteiger partial charge in [-0.15, -0.1) is 0 Å². The molecule has 0 amide bonds. The zero-order chi connectivity index (χ0) is 19.6. The predicted octanol–water partition coefficient (Wildman–Crippen LogP) is 6.48. The largest absolute Gasteiger partial charge is 0.473 e. The van der Waals surface area contributed by atoms with Crippen LogP contribution in [0.4, 0.5) is 0 Å². The zero-order valence-corrected chi connectivity index (χ0v) is 18.3. The number of aromatic nitrogens is 1. The molecule has 3 nitrogen and oxygen atoms in total. The van der Waals surface area contributed by atoms with E-state index in [0.29, 0.717) is 18.4 Å². The van der Waals surface area contributed by atoms with Crippen molar-refractivity contribution in [2.45, 2.75) is 52.2 Å². The van der Waals surface area contributed by atoms with Crippen molar-refractivity contribution in [3.63, 3.8) is 0 Å². The molecule has 1 heterocycles. The van der Waals surface area contributed by atoms with Crippen LogP contribution in [-0.4, -0.2) is 12.1 Å². The summed E-state index contributed by atoms with van der Waals surface area (Å²) in [5.41, 5.74) is 3.45. The van der Waals surface area contributed by atoms with Crippen molar-refractivity contribution in [2.75, 3.05) is 7.11 Å². The lowest BCUT2D eigenvalue weighted by molar-refractivity contribution is 0.0146. The lowest BCUT2D eigenvalue weighted by atomic mass is 9.84. The molecule has 145 valence electrons. The van der Waals surface area contributed by atoms with Crippen LogP contribution in [0.15, 0.2) is 41.0 Å². The normalized spacial score (nSPS) is 16.8. The number of hydrogen-bond acceptors (Lipinski definition) is 3. The molecule has 0 aliphatic heterocycles. The molecule has 27 heavy (non-hydrogen) atoms. The van der Waals surface area contributed by atoms with E-state index in [1.165, 1.54) is 18.4 Å². The summed E-state index contributed by atoms with van der Waals surface area (Å²) in [5, 5.41) is 0. The Hall–Kier alpha value is -1.39. The Morgan fingerprint density at radius 1 is 1.22 bits per heavy atom. The zero-order valence-electron chi connectivity index (χ0n) is 16.7. The van der Waals surface area contributed by atoms with Crippen molar-refractivity contribution >= 4 is 15.9 Å². The number of ether oxygens (including phenoxy) is 2. The van der Waals surface area contributed by atoms with E-state index in [1.807, 2.05) is 18.3 Å². The van der Waals surface area contributed by atoms with Gasteiger partial charge in [0.25, 0.3) is 0 Å². The molecule has 1 aliphatic carbocycles. The molecule has 1 aromatic carbocycles. The van der Waals surface area contributed by atoms with Gasteiger partial charge in [0.15, 0.2) is 0 Å². The Morgan fingerprint density at radius 3 is 2.59 bits per heavy atom. The van der Waals surface area contributed by atoms with Crippen molar-refractivity contribution in [3.8, 4) is 5.88 Å². The van der Waals surface area contributed by atoms with E-state index in [9.17, 15) is 0 Å². The molecule has 0 saturated heterocycles. The van der Waals surface area contributed by atoms with Gasteiger partial charge < -0.3 is 9.47 Å². The topological polar surface area (TPSA) is 31.4 Å². The molecule has 1 radical (unpaired) electrons. The fourth-order valence-electron chi connectivity index (χ4n) is 3.49. The van der Waals surface area contributed by atoms with Crippen LogP contribution in [0.3, 0.4) is 0 Å². The Kier molecular flexibility index (Phi) is 6.27. The third-order valence-electron chi connectivity index (χ3n) is 5.13. The van der Waals surface area contributed by atoms with Crippen LogP contribution in [0.25, 0.3) is 0 Å². The third-order valence-corrected chi connectivity index (χ3v) is 5.85. The summed E-state index contributed by atoms with van der Waals surface area (Å²) >= 11 is 3.67. The van der Waals surface area contributed by atoms with Crippen LogP contribution in [0.2, 0.25) is 0 Å². The average Bonchev–Trinajstić information content (AvgIpc) is 3.46. The highest BCUT2D eigenvalue weighted by Crippen LogP contribution is 2.42. The van der Waals surface area contributed by atoms with Crippen LogP contribution in [0.5, 0.6) is 5.88 Å². The molecule has 1 saturated carbocycles. The van der Waals surface area contributed by atoms with Gasteiger partial charge in [0.05, 0.1) is 6.10 Å². The van der Waals surface area contributed by atoms with Gasteiger partial charge in [-0.2, -0.15) is 0 Å². The van der Waals surface area contributed by atoms with E-state index < -0.39 is 0 Å². The van der Waals surface area contributed by atoms with Crippen molar-refractivity contribution in [1.29, 1.82) is 0 Å². The average molecular weight is 431 g/mol. The number of pyridine rings is 1. The minimum Gasteiger partial charge on any atom is -0.473 e. The molecule has 1 aromatic heterocycles. The maximum absolute atomic E-state index is 5.98. The fraction of sp³-hybridized carbons (Fsp3) is 0.478. The number of methoxy groups -OCH3 is 1. The summed E-state index contributed by atoms with van der Waals surface area (Å²) in [5.74, 6) is 1.71. The van der Waals surface area contributed by atoms with Gasteiger partial charge in [0.1, 0.15) is 6.61 Å². The fourth-order valence-corrected chi connectivity index (χ4v) is 3.95. The summed E-state index contributed by atoms with van der Waals surface area (Å²) < 4.78 is 12.8. The van der Waals surface area contributed by atoms with E-state index in [0.717, 1.165) is 21.5 Å². The van der Waals surface area contributed by atoms with E-state index in [-0.39, 0.29) is 11.5 Å². The second-order valence-electron chi connectivity index (χ2n) is 8.50. The molecule has 2 aromatic rings. The van der Waals surface area contributed by atoms with Crippen molar-refractivity contribution < 1.29 is 9.47 Å². The Labute approximate surface area is 171 Å². The first kappa shape index (κ1) is 20.3. The molecule has 1 fully saturated rings. The molecule has 3 rings (SSSR count). The molecule has 1 aliphatic rings. The van der Waals surface area contributed by atoms with Crippen LogP contribution in [-0.2, 0) is 11.3 Å². The SMILES string of the molecule is [CH2][C@H](c1ccnc(OCc2ccc(Br)c([C@@H](OC)C(C)(C)C)c2)c1)C1CC1. The first-order valence-electron chi connectivity index (χ1n) is 9.52. The lowest BCUT2D eigenvalue weighted by Gasteiger charge is -2.30. The first-order chi connectivity index (χ1) is 12.8. The van der Waals surface area contributed by atoms with E-state index in [4.69, 9.17) is 9.47 Å². The van der Waals surface area contributed by atoms with Crippen LogP contribution >= 0.6 is 15.9 Å². The molecule has 0 N–H and O–H groups in total. The summed E-state index contributed by atoms with van der Waals surface area (Å²) in [6.45, 7) is 11.3. The van der Waals surface area contributed by atoms with Gasteiger partial charge in [-0.25, -0.2) is 4.98 Å². The van der Waals surface area contributed by atoms with E-state index in [1.54, 1.807) is 7.11 Å². The van der Waals surface area contributed by atoms with Crippen molar-refractivity contribution in [3.05, 3.63) is 64.6 Å². The van der Waals surface area contributed by atoms with Gasteiger partial charge in [-0.05, 0) is 71.9 Å². The quantitative estimate of drug-likeness (QED) is 0.503. The van der Waals surface area contributed by atoms with Gasteiger partial charge in [0, 0.05) is 23.8 Å². The summed E-state index contributed by atoms with van der Waals surface area (Å²) in [7, 11) is 1.76. The maximum Gasteiger partial charge on any atom is 0.213 e. The standard InChI is InChI=1S/C23H29BrNO2/c1-15(17-7-8-17)18-10-11-25-21(13-18)27-14-16-6-9-20(24)19(12-16)22(26-5)23(2,3)4/h6,9-13,15,17,22H,1,7-8,14H2,2-5H3/t15-,22+/m0/s1. The second-order valence-corrected chi connectivity index (χ2v) is 9.35. The van der Waals surface area contributed by atoms with Gasteiger partial charge in [-0.1, -0.05) is 42.8 Å². The van der Waals surface area contributed by atoms with E-state index in [2.05, 4.69) is 66.8 Å². The molecule has 0 unspecified atom stereocenters. The molecular formula is C23H29BrNO2. The number of rotatable bonds is 7. The smallest absolute Gasteiger partial charge is 0.213 e. The highest BCUT2D eigenvalue weighted by atomic mass is 79.9. The summed E-state index contributed by atoms with van der Waals surface area (Å²) in [6.07, 6.45) is 4.38. The minimum atomic E-state index is -0.00140. The van der Waals surface area contributed by atoms with Crippen LogP contribution < -0.4 is 4.74 Å². The predicted molar refractivity (Wildman–Crippen MR) is 113 cm³/mol. The third kappa shape index (κ3) is 5.11. The first-order valence-corrected chi connectivity index (χ1v) is 10.3. The monoisotopic (exact) mass is 430 g/mol. The summed E-state index contributed by atoms with van der Waals surface area (Å²) in [6, 6.07) is 10.4. The molecular weight excluding hydrogens is 402 g/mol. The molecule has 2 atom stereocenters. The van der Waals surface area contributed by atoms with Crippen molar-refractivity contribution in [2.24, 2.45) is 11.3 Å². The number of hydrogen-bond donors (Lipinski definition) is 0. The number of halogens is 1. The molecule has 0 bridgehead atoms. The number of benzene rings is 1. The Bertz CT molecular complexity index is 780. The Balaban J connectivity index is 1.73.